The van der Waals surface area contributed by atoms with Gasteiger partial charge in [0.1, 0.15) is 30.5 Å². The number of dihydropyridines is 1. The molecule has 0 spiro atoms. The zero-order valence-electron chi connectivity index (χ0n) is 22.9. The van der Waals surface area contributed by atoms with Gasteiger partial charge in [0.05, 0.1) is 37.7 Å². The van der Waals surface area contributed by atoms with Crippen molar-refractivity contribution in [3.63, 3.8) is 0 Å². The maximum atomic E-state index is 15.3. The predicted molar refractivity (Wildman–Crippen MR) is 148 cm³/mol. The third-order valence-electron chi connectivity index (χ3n) is 6.93. The molecule has 1 atom stereocenters. The molecule has 1 fully saturated rings. The highest BCUT2D eigenvalue weighted by atomic mass is 19.1. The molecule has 3 heterocycles. The fourth-order valence-electron chi connectivity index (χ4n) is 4.95. The van der Waals surface area contributed by atoms with Crippen LogP contribution in [0.4, 0.5) is 14.5 Å². The van der Waals surface area contributed by atoms with Gasteiger partial charge in [0.15, 0.2) is 34.5 Å². The highest BCUT2D eigenvalue weighted by molar-refractivity contribution is 6.04. The number of hydrogen-bond donors (Lipinski definition) is 1. The summed E-state index contributed by atoms with van der Waals surface area (Å²) in [6.07, 6.45) is 5.18. The summed E-state index contributed by atoms with van der Waals surface area (Å²) in [5, 5.41) is 6.95. The number of rotatable bonds is 7. The molecule has 0 radical (unpaired) electrons. The molecule has 1 aliphatic carbocycles. The molecular formula is C30H26F2N4O6. The number of aromatic nitrogens is 2. The van der Waals surface area contributed by atoms with Crippen LogP contribution in [0.3, 0.4) is 0 Å². The zero-order chi connectivity index (χ0) is 29.4. The number of hydrogen-bond acceptors (Lipinski definition) is 8. The summed E-state index contributed by atoms with van der Waals surface area (Å²) in [6, 6.07) is 7.93. The van der Waals surface area contributed by atoms with Gasteiger partial charge >= 0.3 is 0 Å². The minimum Gasteiger partial charge on any atom is -0.497 e. The van der Waals surface area contributed by atoms with Gasteiger partial charge in [-0.2, -0.15) is 5.10 Å². The van der Waals surface area contributed by atoms with Gasteiger partial charge in [0, 0.05) is 24.4 Å². The summed E-state index contributed by atoms with van der Waals surface area (Å²) in [7, 11) is 2.96. The van der Waals surface area contributed by atoms with Crippen molar-refractivity contribution in [3.8, 4) is 17.2 Å². The lowest BCUT2D eigenvalue weighted by Crippen LogP contribution is -2.30. The van der Waals surface area contributed by atoms with Crippen LogP contribution in [-0.2, 0) is 14.2 Å². The van der Waals surface area contributed by atoms with E-state index < -0.39 is 11.7 Å². The van der Waals surface area contributed by atoms with Crippen molar-refractivity contribution in [2.75, 3.05) is 32.8 Å². The van der Waals surface area contributed by atoms with Crippen molar-refractivity contribution >= 4 is 17.8 Å². The largest absolute Gasteiger partial charge is 0.497 e. The topological polar surface area (TPSA) is 105 Å². The standard InChI is InChI=1S/C30H26F2N4O6/c1-16-12-17(31)4-6-21(16)36-15-25(39-3)27(35-36)30(37)34-18-5-7-22(19(32)13-18)42-23-8-9-33-20-14-24(38-2)28-29(26(20)23)41-11-10-40-28/h4-9,12-13,15,20H,10-11,14H2,1-3H3,(H,34,37). The molecule has 216 valence electrons. The summed E-state index contributed by atoms with van der Waals surface area (Å²) in [5.41, 5.74) is 1.98. The highest BCUT2D eigenvalue weighted by Crippen LogP contribution is 2.41. The van der Waals surface area contributed by atoms with Crippen LogP contribution in [0.25, 0.3) is 5.69 Å². The van der Waals surface area contributed by atoms with E-state index in [1.165, 1.54) is 42.3 Å². The molecule has 12 heteroatoms. The van der Waals surface area contributed by atoms with E-state index in [0.717, 1.165) is 6.07 Å². The Balaban J connectivity index is 1.22. The number of ether oxygens (including phenoxy) is 5. The van der Waals surface area contributed by atoms with Gasteiger partial charge in [0.2, 0.25) is 0 Å². The second-order valence-electron chi connectivity index (χ2n) is 9.57. The Hall–Kier alpha value is -5.13. The van der Waals surface area contributed by atoms with E-state index in [1.807, 2.05) is 0 Å². The molecular weight excluding hydrogens is 550 g/mol. The van der Waals surface area contributed by atoms with Crippen molar-refractivity contribution in [2.45, 2.75) is 19.4 Å². The van der Waals surface area contributed by atoms with E-state index in [9.17, 15) is 9.18 Å². The molecule has 10 nitrogen and oxygen atoms in total. The normalized spacial score (nSPS) is 17.5. The molecule has 3 aliphatic rings. The molecule has 0 saturated carbocycles. The monoisotopic (exact) mass is 576 g/mol. The van der Waals surface area contributed by atoms with E-state index >= 15 is 4.39 Å². The number of aryl methyl sites for hydroxylation is 1. The summed E-state index contributed by atoms with van der Waals surface area (Å²) >= 11 is 0. The Kier molecular flexibility index (Phi) is 7.11. The molecule has 42 heavy (non-hydrogen) atoms. The maximum Gasteiger partial charge on any atom is 0.280 e. The highest BCUT2D eigenvalue weighted by Gasteiger charge is 2.38. The average Bonchev–Trinajstić information content (AvgIpc) is 3.42. The molecule has 0 bridgehead atoms. The Morgan fingerprint density at radius 2 is 1.86 bits per heavy atom. The third-order valence-corrected chi connectivity index (χ3v) is 6.93. The number of halogens is 2. The number of allylic oxidation sites excluding steroid dienone is 1. The number of benzene rings is 2. The van der Waals surface area contributed by atoms with E-state index in [4.69, 9.17) is 23.7 Å². The number of amides is 1. The van der Waals surface area contributed by atoms with E-state index in [0.29, 0.717) is 59.5 Å². The lowest BCUT2D eigenvalue weighted by Gasteiger charge is -2.33. The van der Waals surface area contributed by atoms with E-state index in [1.54, 1.807) is 32.4 Å². The van der Waals surface area contributed by atoms with E-state index in [2.05, 4.69) is 15.4 Å². The average molecular weight is 577 g/mol. The van der Waals surface area contributed by atoms with Gasteiger partial charge in [-0.1, -0.05) is 0 Å². The molecule has 1 amide bonds. The number of carbonyl (C=O) groups is 1. The summed E-state index contributed by atoms with van der Waals surface area (Å²) < 4.78 is 58.7. The summed E-state index contributed by atoms with van der Waals surface area (Å²) in [4.78, 5) is 17.6. The van der Waals surface area contributed by atoms with Crippen LogP contribution in [0, 0.1) is 18.6 Å². The molecule has 1 saturated heterocycles. The van der Waals surface area contributed by atoms with Gasteiger partial charge in [-0.15, -0.1) is 0 Å². The zero-order valence-corrected chi connectivity index (χ0v) is 22.9. The van der Waals surface area contributed by atoms with Gasteiger partial charge in [-0.3, -0.25) is 9.79 Å². The maximum absolute atomic E-state index is 15.3. The molecule has 2 aliphatic heterocycles. The molecule has 1 N–H and O–H groups in total. The third kappa shape index (κ3) is 4.95. The first-order valence-corrected chi connectivity index (χ1v) is 13.1. The van der Waals surface area contributed by atoms with Crippen LogP contribution in [0.2, 0.25) is 0 Å². The van der Waals surface area contributed by atoms with Gasteiger partial charge in [0.25, 0.3) is 5.91 Å². The number of nitrogens with one attached hydrogen (secondary N) is 1. The van der Waals surface area contributed by atoms with Crippen LogP contribution < -0.4 is 14.8 Å². The van der Waals surface area contributed by atoms with Crippen molar-refractivity contribution in [1.29, 1.82) is 0 Å². The minimum absolute atomic E-state index is 0.0284. The van der Waals surface area contributed by atoms with Gasteiger partial charge in [-0.05, 0) is 48.9 Å². The fourth-order valence-corrected chi connectivity index (χ4v) is 4.95. The number of nitrogens with zero attached hydrogens (tertiary/aromatic N) is 3. The molecule has 3 aromatic rings. The number of aliphatic imine (C=N–C) groups is 1. The second-order valence-corrected chi connectivity index (χ2v) is 9.57. The number of anilines is 1. The molecule has 1 unspecified atom stereocenters. The summed E-state index contributed by atoms with van der Waals surface area (Å²) in [6.45, 7) is 2.45. The first-order valence-electron chi connectivity index (χ1n) is 13.1. The lowest BCUT2D eigenvalue weighted by atomic mass is 9.92. The Labute approximate surface area is 239 Å². The van der Waals surface area contributed by atoms with Crippen LogP contribution in [0.1, 0.15) is 22.5 Å². The Morgan fingerprint density at radius 1 is 1.05 bits per heavy atom. The molecule has 2 aromatic carbocycles. The lowest BCUT2D eigenvalue weighted by molar-refractivity contribution is 0.0409. The predicted octanol–water partition coefficient (Wildman–Crippen LogP) is 5.00. The summed E-state index contributed by atoms with van der Waals surface area (Å²) in [5.74, 6) is 0.367. The van der Waals surface area contributed by atoms with Crippen molar-refractivity contribution in [3.05, 3.63) is 100 Å². The number of methoxy groups -OCH3 is 2. The smallest absolute Gasteiger partial charge is 0.280 e. The van der Waals surface area contributed by atoms with Crippen LogP contribution in [0.5, 0.6) is 11.5 Å². The SMILES string of the molecule is COC1=C2OCCOC2=C2C(Oc3ccc(NC(=O)c4nn(-c5ccc(F)cc5C)cc4OC)cc3F)=CC=NC2C1. The van der Waals surface area contributed by atoms with Gasteiger partial charge in [-0.25, -0.2) is 13.5 Å². The Morgan fingerprint density at radius 3 is 2.60 bits per heavy atom. The van der Waals surface area contributed by atoms with Crippen molar-refractivity contribution in [2.24, 2.45) is 4.99 Å². The van der Waals surface area contributed by atoms with E-state index in [-0.39, 0.29) is 34.7 Å². The van der Waals surface area contributed by atoms with Crippen LogP contribution in [0.15, 0.2) is 82.3 Å². The fraction of sp³-hybridized carbons (Fsp3) is 0.233. The number of fused-ring (bicyclic) bond motifs is 2. The van der Waals surface area contributed by atoms with Crippen molar-refractivity contribution in [1.82, 2.24) is 9.78 Å². The first-order chi connectivity index (χ1) is 20.4. The molecule has 1 aromatic heterocycles. The van der Waals surface area contributed by atoms with Gasteiger partial charge < -0.3 is 29.0 Å². The quantitative estimate of drug-likeness (QED) is 0.422. The van der Waals surface area contributed by atoms with Crippen LogP contribution >= 0.6 is 0 Å². The Bertz CT molecular complexity index is 1710. The van der Waals surface area contributed by atoms with Crippen LogP contribution in [-0.4, -0.2) is 55.4 Å². The number of carbonyl (C=O) groups excluding carboxylic acids is 1. The second kappa shape index (κ2) is 11.0. The first kappa shape index (κ1) is 27.1. The minimum atomic E-state index is -0.706. The molecule has 6 rings (SSSR count). The van der Waals surface area contributed by atoms with Crippen molar-refractivity contribution < 1.29 is 37.3 Å².